The zero-order valence-electron chi connectivity index (χ0n) is 22.7. The molecule has 2 aromatic carbocycles. The third-order valence-electron chi connectivity index (χ3n) is 7.64. The molecule has 3 aromatic rings. The van der Waals surface area contributed by atoms with Crippen molar-refractivity contribution < 1.29 is 22.3 Å². The summed E-state index contributed by atoms with van der Waals surface area (Å²) in [6, 6.07) is 10.7. The lowest BCUT2D eigenvalue weighted by Gasteiger charge is -2.28. The molecule has 12 heteroatoms. The number of sulfonamides is 1. The van der Waals surface area contributed by atoms with E-state index in [1.807, 2.05) is 6.92 Å². The molecule has 0 unspecified atom stereocenters. The number of aromatic nitrogens is 2. The molecule has 8 nitrogen and oxygen atoms in total. The van der Waals surface area contributed by atoms with E-state index in [4.69, 9.17) is 27.9 Å². The van der Waals surface area contributed by atoms with E-state index in [0.717, 1.165) is 31.9 Å². The fourth-order valence-corrected chi connectivity index (χ4v) is 6.70. The Morgan fingerprint density at radius 3 is 2.49 bits per heavy atom. The van der Waals surface area contributed by atoms with Crippen LogP contribution in [0.25, 0.3) is 17.3 Å². The van der Waals surface area contributed by atoms with Gasteiger partial charge in [0.2, 0.25) is 15.9 Å². The van der Waals surface area contributed by atoms with Gasteiger partial charge in [-0.2, -0.15) is 4.31 Å². The van der Waals surface area contributed by atoms with E-state index in [0.29, 0.717) is 44.0 Å². The number of amides is 1. The quantitative estimate of drug-likeness (QED) is 0.331. The number of hydrogen-bond donors (Lipinski definition) is 1. The van der Waals surface area contributed by atoms with Gasteiger partial charge in [0.15, 0.2) is 0 Å². The van der Waals surface area contributed by atoms with E-state index in [-0.39, 0.29) is 25.0 Å². The van der Waals surface area contributed by atoms with Crippen LogP contribution in [-0.4, -0.2) is 47.4 Å². The molecule has 1 saturated carbocycles. The highest BCUT2D eigenvalue weighted by molar-refractivity contribution is 7.88. The highest BCUT2D eigenvalue weighted by Crippen LogP contribution is 2.39. The van der Waals surface area contributed by atoms with Crippen molar-refractivity contribution in [3.8, 4) is 11.6 Å². The van der Waals surface area contributed by atoms with Crippen molar-refractivity contribution in [1.82, 2.24) is 19.4 Å². The predicted octanol–water partition coefficient (Wildman–Crippen LogP) is 6.69. The first kappa shape index (κ1) is 29.6. The molecule has 0 bridgehead atoms. The van der Waals surface area contributed by atoms with Gasteiger partial charge in [-0.1, -0.05) is 54.6 Å². The van der Waals surface area contributed by atoms with Gasteiger partial charge in [-0.15, -0.1) is 5.10 Å². The Morgan fingerprint density at radius 2 is 1.83 bits per heavy atom. The van der Waals surface area contributed by atoms with Crippen LogP contribution in [0.1, 0.15) is 55.8 Å². The molecule has 0 spiro atoms. The summed E-state index contributed by atoms with van der Waals surface area (Å²) in [5.74, 6) is -0.0595. The molecule has 1 fully saturated rings. The van der Waals surface area contributed by atoms with Crippen molar-refractivity contribution in [3.05, 3.63) is 75.1 Å². The summed E-state index contributed by atoms with van der Waals surface area (Å²) < 4.78 is 47.6. The maximum atomic E-state index is 13.6. The van der Waals surface area contributed by atoms with Gasteiger partial charge in [0.25, 0.3) is 0 Å². The van der Waals surface area contributed by atoms with Gasteiger partial charge in [-0.25, -0.2) is 22.3 Å². The molecule has 0 radical (unpaired) electrons. The molecule has 1 aromatic heterocycles. The number of nitrogens with one attached hydrogen (secondary N) is 1. The second kappa shape index (κ2) is 12.1. The van der Waals surface area contributed by atoms with Gasteiger partial charge in [-0.3, -0.25) is 0 Å². The highest BCUT2D eigenvalue weighted by atomic mass is 35.5. The summed E-state index contributed by atoms with van der Waals surface area (Å²) in [5, 5.41) is 8.28. The topological polar surface area (TPSA) is 93.5 Å². The van der Waals surface area contributed by atoms with Gasteiger partial charge >= 0.3 is 6.09 Å². The largest absolute Gasteiger partial charge is 0.414 e. The SMILES string of the molecule is C[C@@H](NC(=O)Oc1nn(-c2ccc(Cl)cc2Cl)c2c1CN(S(C)(=O)=O)C/C2=C\c1ccc(F)cc1)C1CCCCC1. The van der Waals surface area contributed by atoms with Crippen molar-refractivity contribution in [2.75, 3.05) is 12.8 Å². The Morgan fingerprint density at radius 1 is 1.12 bits per heavy atom. The van der Waals surface area contributed by atoms with Crippen LogP contribution in [0, 0.1) is 11.7 Å². The van der Waals surface area contributed by atoms with E-state index in [1.165, 1.54) is 27.5 Å². The third-order valence-corrected chi connectivity index (χ3v) is 9.38. The van der Waals surface area contributed by atoms with Crippen molar-refractivity contribution in [3.63, 3.8) is 0 Å². The number of rotatable bonds is 6. The molecule has 0 saturated heterocycles. The summed E-state index contributed by atoms with van der Waals surface area (Å²) in [4.78, 5) is 13.1. The van der Waals surface area contributed by atoms with E-state index in [1.54, 1.807) is 36.4 Å². The lowest BCUT2D eigenvalue weighted by molar-refractivity contribution is 0.184. The van der Waals surface area contributed by atoms with Crippen LogP contribution in [0.4, 0.5) is 9.18 Å². The second-order valence-corrected chi connectivity index (χ2v) is 13.4. The molecular formula is C29H31Cl2FN4O4S. The van der Waals surface area contributed by atoms with Gasteiger partial charge in [-0.05, 0) is 73.2 Å². The van der Waals surface area contributed by atoms with Gasteiger partial charge in [0, 0.05) is 24.2 Å². The highest BCUT2D eigenvalue weighted by Gasteiger charge is 2.35. The number of halogens is 3. The van der Waals surface area contributed by atoms with Crippen molar-refractivity contribution >= 4 is 51.0 Å². The van der Waals surface area contributed by atoms with E-state index < -0.39 is 21.9 Å². The monoisotopic (exact) mass is 620 g/mol. The van der Waals surface area contributed by atoms with Crippen LogP contribution in [-0.2, 0) is 16.6 Å². The number of benzene rings is 2. The standard InChI is InChI=1S/C29H31Cl2FN4O4S/c1-18(20-6-4-3-5-7-20)33-29(37)40-28-24-17-35(41(2,38)39)16-21(14-19-8-11-23(32)12-9-19)27(24)36(34-28)26-13-10-22(30)15-25(26)31/h8-15,18,20H,3-7,16-17H2,1-2H3,(H,33,37)/b21-14+/t18-/m1/s1. The Bertz CT molecular complexity index is 1580. The Kier molecular flexibility index (Phi) is 8.75. The summed E-state index contributed by atoms with van der Waals surface area (Å²) in [5.41, 5.74) is 2.62. The maximum Gasteiger partial charge on any atom is 0.414 e. The lowest BCUT2D eigenvalue weighted by Crippen LogP contribution is -2.40. The summed E-state index contributed by atoms with van der Waals surface area (Å²) >= 11 is 12.7. The van der Waals surface area contributed by atoms with Crippen LogP contribution in [0.2, 0.25) is 10.0 Å². The summed E-state index contributed by atoms with van der Waals surface area (Å²) in [7, 11) is -3.65. The lowest BCUT2D eigenvalue weighted by atomic mass is 9.85. The first-order chi connectivity index (χ1) is 19.5. The van der Waals surface area contributed by atoms with Gasteiger partial charge in [0.1, 0.15) is 5.82 Å². The van der Waals surface area contributed by atoms with Gasteiger partial charge in [0.05, 0.1) is 28.2 Å². The Balaban J connectivity index is 1.60. The fraction of sp³-hybridized carbons (Fsp3) is 0.379. The van der Waals surface area contributed by atoms with Crippen molar-refractivity contribution in [2.24, 2.45) is 5.92 Å². The first-order valence-electron chi connectivity index (χ1n) is 13.5. The number of ether oxygens (including phenoxy) is 1. The average Bonchev–Trinajstić information content (AvgIpc) is 3.28. The normalized spacial score (nSPS) is 18.2. The van der Waals surface area contributed by atoms with Gasteiger partial charge < -0.3 is 10.1 Å². The molecule has 2 aliphatic rings. The van der Waals surface area contributed by atoms with Crippen molar-refractivity contribution in [2.45, 2.75) is 51.6 Å². The molecule has 1 atom stereocenters. The number of hydrogen-bond acceptors (Lipinski definition) is 5. The molecule has 1 aliphatic carbocycles. The van der Waals surface area contributed by atoms with Crippen molar-refractivity contribution in [1.29, 1.82) is 0 Å². The van der Waals surface area contributed by atoms with E-state index >= 15 is 0 Å². The molecular weight excluding hydrogens is 590 g/mol. The van der Waals surface area contributed by atoms with Crippen LogP contribution < -0.4 is 10.1 Å². The average molecular weight is 622 g/mol. The fourth-order valence-electron chi connectivity index (χ4n) is 5.47. The smallest absolute Gasteiger partial charge is 0.389 e. The van der Waals surface area contributed by atoms with E-state index in [9.17, 15) is 17.6 Å². The molecule has 218 valence electrons. The van der Waals surface area contributed by atoms with Crippen LogP contribution in [0.5, 0.6) is 5.88 Å². The van der Waals surface area contributed by atoms with Crippen LogP contribution in [0.3, 0.4) is 0 Å². The number of carbonyl (C=O) groups is 1. The zero-order chi connectivity index (χ0) is 29.3. The molecule has 1 N–H and O–H groups in total. The predicted molar refractivity (Wildman–Crippen MR) is 158 cm³/mol. The first-order valence-corrected chi connectivity index (χ1v) is 16.1. The number of fused-ring (bicyclic) bond motifs is 1. The van der Waals surface area contributed by atoms with Crippen LogP contribution in [0.15, 0.2) is 42.5 Å². The Hall–Kier alpha value is -2.92. The number of carbonyl (C=O) groups excluding carboxylic acids is 1. The zero-order valence-corrected chi connectivity index (χ0v) is 25.1. The summed E-state index contributed by atoms with van der Waals surface area (Å²) in [6.45, 7) is 1.92. The summed E-state index contributed by atoms with van der Waals surface area (Å²) in [6.07, 6.45) is 7.77. The minimum absolute atomic E-state index is 0.0183. The third kappa shape index (κ3) is 6.77. The second-order valence-electron chi connectivity index (χ2n) is 10.6. The maximum absolute atomic E-state index is 13.6. The van der Waals surface area contributed by atoms with Crippen LogP contribution >= 0.6 is 23.2 Å². The van der Waals surface area contributed by atoms with E-state index in [2.05, 4.69) is 10.4 Å². The molecule has 1 amide bonds. The molecule has 41 heavy (non-hydrogen) atoms. The minimum atomic E-state index is -3.65. The molecule has 2 heterocycles. The minimum Gasteiger partial charge on any atom is -0.389 e. The molecule has 5 rings (SSSR count). The Labute approximate surface area is 249 Å². The molecule has 1 aliphatic heterocycles. The number of nitrogens with zero attached hydrogens (tertiary/aromatic N) is 3.